The number of rotatable bonds is 2. The third kappa shape index (κ3) is 3.13. The number of halogens is 1. The third-order valence-corrected chi connectivity index (χ3v) is 3.91. The van der Waals surface area contributed by atoms with Gasteiger partial charge < -0.3 is 10.6 Å². The third-order valence-electron chi connectivity index (χ3n) is 3.91. The van der Waals surface area contributed by atoms with E-state index in [1.807, 2.05) is 6.92 Å². The minimum Gasteiger partial charge on any atom is -0.338 e. The highest BCUT2D eigenvalue weighted by Gasteiger charge is 2.26. The molecule has 4 heteroatoms. The molecule has 0 spiro atoms. The van der Waals surface area contributed by atoms with Gasteiger partial charge in [0.05, 0.1) is 0 Å². The van der Waals surface area contributed by atoms with Gasteiger partial charge in [0.2, 0.25) is 0 Å². The molecule has 3 nitrogen and oxygen atoms in total. The summed E-state index contributed by atoms with van der Waals surface area (Å²) in [6.07, 6.45) is 2.02. The van der Waals surface area contributed by atoms with E-state index in [-0.39, 0.29) is 17.8 Å². The van der Waals surface area contributed by atoms with Crippen LogP contribution in [0, 0.1) is 18.7 Å². The topological polar surface area (TPSA) is 46.3 Å². The quantitative estimate of drug-likeness (QED) is 0.891. The van der Waals surface area contributed by atoms with Gasteiger partial charge in [0, 0.05) is 24.7 Å². The van der Waals surface area contributed by atoms with Gasteiger partial charge in [0.25, 0.3) is 5.91 Å². The van der Waals surface area contributed by atoms with Gasteiger partial charge in [-0.1, -0.05) is 6.07 Å². The molecule has 19 heavy (non-hydrogen) atoms. The molecule has 1 heterocycles. The lowest BCUT2D eigenvalue weighted by atomic mass is 9.92. The first-order valence-electron chi connectivity index (χ1n) is 6.80. The minimum absolute atomic E-state index is 0.0883. The van der Waals surface area contributed by atoms with Gasteiger partial charge in [0.1, 0.15) is 5.82 Å². The molecule has 0 saturated carbocycles. The number of benzene rings is 1. The van der Waals surface area contributed by atoms with Crippen LogP contribution < -0.4 is 5.73 Å². The maximum absolute atomic E-state index is 13.5. The lowest BCUT2D eigenvalue weighted by Crippen LogP contribution is -2.45. The van der Waals surface area contributed by atoms with E-state index in [0.29, 0.717) is 23.6 Å². The van der Waals surface area contributed by atoms with Crippen LogP contribution in [0.1, 0.15) is 35.7 Å². The number of aryl methyl sites for hydroxylation is 1. The van der Waals surface area contributed by atoms with E-state index in [2.05, 4.69) is 0 Å². The van der Waals surface area contributed by atoms with Crippen molar-refractivity contribution >= 4 is 5.91 Å². The van der Waals surface area contributed by atoms with Gasteiger partial charge in [-0.15, -0.1) is 0 Å². The molecule has 2 N–H and O–H groups in total. The van der Waals surface area contributed by atoms with Gasteiger partial charge in [-0.25, -0.2) is 4.39 Å². The number of carbonyl (C=O) groups is 1. The molecule has 0 bridgehead atoms. The number of piperidine rings is 1. The van der Waals surface area contributed by atoms with Gasteiger partial charge >= 0.3 is 0 Å². The second-order valence-corrected chi connectivity index (χ2v) is 5.48. The van der Waals surface area contributed by atoms with Crippen molar-refractivity contribution in [2.75, 3.05) is 13.1 Å². The molecule has 1 aromatic rings. The van der Waals surface area contributed by atoms with Crippen LogP contribution in [0.25, 0.3) is 0 Å². The maximum atomic E-state index is 13.5. The number of nitrogens with zero attached hydrogens (tertiary/aromatic N) is 1. The van der Waals surface area contributed by atoms with Crippen molar-refractivity contribution in [3.8, 4) is 0 Å². The largest absolute Gasteiger partial charge is 0.338 e. The predicted molar refractivity (Wildman–Crippen MR) is 73.4 cm³/mol. The molecule has 1 aromatic carbocycles. The fourth-order valence-electron chi connectivity index (χ4n) is 2.53. The zero-order chi connectivity index (χ0) is 14.0. The van der Waals surface area contributed by atoms with E-state index in [1.54, 1.807) is 24.0 Å². The lowest BCUT2D eigenvalue weighted by Gasteiger charge is -2.34. The Labute approximate surface area is 113 Å². The van der Waals surface area contributed by atoms with E-state index in [9.17, 15) is 9.18 Å². The van der Waals surface area contributed by atoms with E-state index >= 15 is 0 Å². The van der Waals surface area contributed by atoms with Crippen molar-refractivity contribution in [3.05, 3.63) is 35.1 Å². The first-order chi connectivity index (χ1) is 8.99. The predicted octanol–water partition coefficient (Wildman–Crippen LogP) is 2.33. The van der Waals surface area contributed by atoms with Crippen LogP contribution >= 0.6 is 0 Å². The fraction of sp³-hybridized carbons (Fsp3) is 0.533. The van der Waals surface area contributed by atoms with E-state index < -0.39 is 0 Å². The molecule has 104 valence electrons. The average Bonchev–Trinajstić information content (AvgIpc) is 2.41. The van der Waals surface area contributed by atoms with Crippen molar-refractivity contribution in [1.82, 2.24) is 4.90 Å². The summed E-state index contributed by atoms with van der Waals surface area (Å²) >= 11 is 0. The number of amides is 1. The SMILES string of the molecule is Cc1ccc(C(=O)N2CCCC(C(C)N)C2)cc1F. The van der Waals surface area contributed by atoms with Crippen LogP contribution in [0.4, 0.5) is 4.39 Å². The second kappa shape index (κ2) is 5.70. The summed E-state index contributed by atoms with van der Waals surface area (Å²) in [4.78, 5) is 14.1. The average molecular weight is 264 g/mol. The number of likely N-dealkylation sites (tertiary alicyclic amines) is 1. The number of hydrogen-bond acceptors (Lipinski definition) is 2. The Morgan fingerprint density at radius 1 is 1.53 bits per heavy atom. The molecule has 1 fully saturated rings. The van der Waals surface area contributed by atoms with Gasteiger partial charge in [-0.05, 0) is 50.3 Å². The van der Waals surface area contributed by atoms with Gasteiger partial charge in [-0.3, -0.25) is 4.79 Å². The molecule has 2 rings (SSSR count). The summed E-state index contributed by atoms with van der Waals surface area (Å²) in [7, 11) is 0. The number of carbonyl (C=O) groups excluding carboxylic acids is 1. The summed E-state index contributed by atoms with van der Waals surface area (Å²) < 4.78 is 13.5. The maximum Gasteiger partial charge on any atom is 0.253 e. The zero-order valence-corrected chi connectivity index (χ0v) is 11.5. The van der Waals surface area contributed by atoms with Crippen molar-refractivity contribution in [1.29, 1.82) is 0 Å². The first-order valence-corrected chi connectivity index (χ1v) is 6.80. The van der Waals surface area contributed by atoms with Crippen LogP contribution in [-0.2, 0) is 0 Å². The van der Waals surface area contributed by atoms with E-state index in [0.717, 1.165) is 19.4 Å². The molecule has 1 aliphatic heterocycles. The smallest absolute Gasteiger partial charge is 0.253 e. The Balaban J connectivity index is 2.12. The number of hydrogen-bond donors (Lipinski definition) is 1. The highest BCUT2D eigenvalue weighted by molar-refractivity contribution is 5.94. The molecular formula is C15H21FN2O. The van der Waals surface area contributed by atoms with Crippen molar-refractivity contribution in [2.45, 2.75) is 32.7 Å². The molecular weight excluding hydrogens is 243 g/mol. The summed E-state index contributed by atoms with van der Waals surface area (Å²) in [5.41, 5.74) is 6.90. The highest BCUT2D eigenvalue weighted by Crippen LogP contribution is 2.21. The van der Waals surface area contributed by atoms with Crippen molar-refractivity contribution < 1.29 is 9.18 Å². The van der Waals surface area contributed by atoms with E-state index in [4.69, 9.17) is 5.73 Å². The Morgan fingerprint density at radius 3 is 2.89 bits per heavy atom. The molecule has 1 saturated heterocycles. The summed E-state index contributed by atoms with van der Waals surface area (Å²) in [6.45, 7) is 5.07. The highest BCUT2D eigenvalue weighted by atomic mass is 19.1. The van der Waals surface area contributed by atoms with Crippen molar-refractivity contribution in [3.63, 3.8) is 0 Å². The summed E-state index contributed by atoms with van der Waals surface area (Å²) in [5.74, 6) is -0.0798. The molecule has 1 amide bonds. The minimum atomic E-state index is -0.327. The van der Waals surface area contributed by atoms with Gasteiger partial charge in [0.15, 0.2) is 0 Å². The standard InChI is InChI=1S/C15H21FN2O/c1-10-5-6-12(8-14(10)16)15(19)18-7-3-4-13(9-18)11(2)17/h5-6,8,11,13H,3-4,7,9,17H2,1-2H3. The number of nitrogens with two attached hydrogens (primary N) is 1. The monoisotopic (exact) mass is 264 g/mol. The molecule has 1 aliphatic rings. The van der Waals surface area contributed by atoms with Crippen LogP contribution in [-0.4, -0.2) is 29.9 Å². The molecule has 2 atom stereocenters. The molecule has 0 aliphatic carbocycles. The first kappa shape index (κ1) is 14.0. The molecule has 0 aromatic heterocycles. The van der Waals surface area contributed by atoms with Crippen molar-refractivity contribution in [2.24, 2.45) is 11.7 Å². The Bertz CT molecular complexity index is 473. The molecule has 2 unspecified atom stereocenters. The normalized spacial score (nSPS) is 21.3. The Kier molecular flexibility index (Phi) is 4.20. The van der Waals surface area contributed by atoms with Crippen LogP contribution in [0.5, 0.6) is 0 Å². The van der Waals surface area contributed by atoms with Gasteiger partial charge in [-0.2, -0.15) is 0 Å². The molecule has 0 radical (unpaired) electrons. The van der Waals surface area contributed by atoms with Crippen LogP contribution in [0.15, 0.2) is 18.2 Å². The second-order valence-electron chi connectivity index (χ2n) is 5.48. The Morgan fingerprint density at radius 2 is 2.26 bits per heavy atom. The van der Waals surface area contributed by atoms with Crippen LogP contribution in [0.2, 0.25) is 0 Å². The lowest BCUT2D eigenvalue weighted by molar-refractivity contribution is 0.0660. The Hall–Kier alpha value is -1.42. The summed E-state index contributed by atoms with van der Waals surface area (Å²) in [6, 6.07) is 4.75. The summed E-state index contributed by atoms with van der Waals surface area (Å²) in [5, 5.41) is 0. The van der Waals surface area contributed by atoms with E-state index in [1.165, 1.54) is 6.07 Å². The van der Waals surface area contributed by atoms with Crippen LogP contribution in [0.3, 0.4) is 0 Å². The fourth-order valence-corrected chi connectivity index (χ4v) is 2.53. The zero-order valence-electron chi connectivity index (χ0n) is 11.5.